The van der Waals surface area contributed by atoms with Crippen molar-refractivity contribution in [3.05, 3.63) is 27.7 Å². The van der Waals surface area contributed by atoms with E-state index in [4.69, 9.17) is 4.74 Å². The highest BCUT2D eigenvalue weighted by atomic mass is 79.9. The number of carbonyl (C=O) groups excluding carboxylic acids is 1. The van der Waals surface area contributed by atoms with Crippen LogP contribution in [0.1, 0.15) is 15.9 Å². The smallest absolute Gasteiger partial charge is 0.254 e. The molecule has 3 nitrogen and oxygen atoms in total. The summed E-state index contributed by atoms with van der Waals surface area (Å²) in [5.74, 6) is 0.825. The van der Waals surface area contributed by atoms with Crippen LogP contribution >= 0.6 is 15.9 Å². The summed E-state index contributed by atoms with van der Waals surface area (Å²) >= 11 is 3.40. The Balaban J connectivity index is 2.62. The summed E-state index contributed by atoms with van der Waals surface area (Å²) in [6.07, 6.45) is 0. The Bertz CT molecular complexity index is 403. The summed E-state index contributed by atoms with van der Waals surface area (Å²) in [4.78, 5) is 13.3. The predicted molar refractivity (Wildman–Crippen MR) is 56.5 cm³/mol. The Kier molecular flexibility index (Phi) is 2.23. The van der Waals surface area contributed by atoms with Crippen LogP contribution in [0.3, 0.4) is 0 Å². The van der Waals surface area contributed by atoms with E-state index in [1.807, 2.05) is 12.1 Å². The largest absolute Gasteiger partial charge is 0.495 e. The lowest BCUT2D eigenvalue weighted by Gasteiger charge is -2.08. The highest BCUT2D eigenvalue weighted by Crippen LogP contribution is 2.35. The molecule has 0 spiro atoms. The van der Waals surface area contributed by atoms with Gasteiger partial charge in [0.15, 0.2) is 0 Å². The lowest BCUT2D eigenvalue weighted by molar-refractivity contribution is 0.0816. The Morgan fingerprint density at radius 3 is 2.86 bits per heavy atom. The second-order valence-electron chi connectivity index (χ2n) is 3.27. The number of halogens is 1. The van der Waals surface area contributed by atoms with E-state index in [0.29, 0.717) is 6.54 Å². The predicted octanol–water partition coefficient (Wildman–Crippen LogP) is 2.04. The number of rotatable bonds is 1. The van der Waals surface area contributed by atoms with Gasteiger partial charge in [0.25, 0.3) is 5.91 Å². The first-order valence-electron chi connectivity index (χ1n) is 4.26. The van der Waals surface area contributed by atoms with Gasteiger partial charge in [0.2, 0.25) is 0 Å². The molecule has 0 fully saturated rings. The molecule has 0 aliphatic carbocycles. The van der Waals surface area contributed by atoms with Crippen molar-refractivity contribution in [3.63, 3.8) is 0 Å². The van der Waals surface area contributed by atoms with E-state index in [1.54, 1.807) is 19.1 Å². The Morgan fingerprint density at radius 2 is 2.21 bits per heavy atom. The van der Waals surface area contributed by atoms with Crippen molar-refractivity contribution >= 4 is 21.8 Å². The first kappa shape index (κ1) is 9.52. The van der Waals surface area contributed by atoms with Crippen LogP contribution in [0.2, 0.25) is 0 Å². The molecule has 1 aliphatic heterocycles. The summed E-state index contributed by atoms with van der Waals surface area (Å²) in [5.41, 5.74) is 1.71. The summed E-state index contributed by atoms with van der Waals surface area (Å²) in [6.45, 7) is 0.622. The first-order chi connectivity index (χ1) is 6.65. The fourth-order valence-electron chi connectivity index (χ4n) is 1.69. The zero-order valence-corrected chi connectivity index (χ0v) is 9.59. The number of nitrogens with zero attached hydrogens (tertiary/aromatic N) is 1. The average Bonchev–Trinajstić information content (AvgIpc) is 2.43. The number of ether oxygens (including phenoxy) is 1. The van der Waals surface area contributed by atoms with Gasteiger partial charge in [0.1, 0.15) is 5.75 Å². The van der Waals surface area contributed by atoms with Crippen molar-refractivity contribution in [2.75, 3.05) is 14.2 Å². The third-order valence-corrected chi connectivity index (χ3v) is 3.01. The lowest BCUT2D eigenvalue weighted by atomic mass is 10.1. The van der Waals surface area contributed by atoms with Crippen LogP contribution < -0.4 is 4.74 Å². The topological polar surface area (TPSA) is 29.5 Å². The maximum atomic E-state index is 11.6. The van der Waals surface area contributed by atoms with Crippen LogP contribution in [0.4, 0.5) is 0 Å². The number of carbonyl (C=O) groups is 1. The van der Waals surface area contributed by atoms with Crippen molar-refractivity contribution in [2.45, 2.75) is 6.54 Å². The second-order valence-corrected chi connectivity index (χ2v) is 4.12. The lowest BCUT2D eigenvalue weighted by Crippen LogP contribution is -2.17. The molecule has 1 amide bonds. The Hall–Kier alpha value is -1.03. The van der Waals surface area contributed by atoms with Gasteiger partial charge in [-0.3, -0.25) is 4.79 Å². The number of methoxy groups -OCH3 is 1. The van der Waals surface area contributed by atoms with Gasteiger partial charge in [0.05, 0.1) is 18.1 Å². The summed E-state index contributed by atoms with van der Waals surface area (Å²) in [6, 6.07) is 3.67. The third-order valence-electron chi connectivity index (χ3n) is 2.39. The molecule has 0 bridgehead atoms. The maximum absolute atomic E-state index is 11.6. The van der Waals surface area contributed by atoms with Gasteiger partial charge in [-0.05, 0) is 28.1 Å². The van der Waals surface area contributed by atoms with Gasteiger partial charge in [-0.15, -0.1) is 0 Å². The van der Waals surface area contributed by atoms with E-state index in [-0.39, 0.29) is 5.91 Å². The van der Waals surface area contributed by atoms with Gasteiger partial charge in [-0.25, -0.2) is 0 Å². The number of hydrogen-bond donors (Lipinski definition) is 0. The zero-order chi connectivity index (χ0) is 10.3. The molecule has 1 aliphatic rings. The van der Waals surface area contributed by atoms with E-state index < -0.39 is 0 Å². The minimum atomic E-state index is 0.0609. The molecule has 4 heteroatoms. The van der Waals surface area contributed by atoms with Gasteiger partial charge >= 0.3 is 0 Å². The molecule has 0 aromatic heterocycles. The van der Waals surface area contributed by atoms with Gasteiger partial charge < -0.3 is 9.64 Å². The molecule has 0 atom stereocenters. The van der Waals surface area contributed by atoms with Gasteiger partial charge in [-0.1, -0.05) is 0 Å². The zero-order valence-electron chi connectivity index (χ0n) is 8.00. The van der Waals surface area contributed by atoms with E-state index in [1.165, 1.54) is 0 Å². The standard InChI is InChI=1S/C10H10BrNO2/c1-12-5-7-6(10(12)13)3-4-8(11)9(7)14-2/h3-4H,5H2,1-2H3. The molecule has 0 radical (unpaired) electrons. The van der Waals surface area contributed by atoms with Gasteiger partial charge in [-0.2, -0.15) is 0 Å². The molecule has 2 rings (SSSR count). The molecule has 1 aromatic rings. The SMILES string of the molecule is COc1c(Br)ccc2c1CN(C)C2=O. The van der Waals surface area contributed by atoms with E-state index in [0.717, 1.165) is 21.3 Å². The first-order valence-corrected chi connectivity index (χ1v) is 5.05. The molecule has 1 heterocycles. The third kappa shape index (κ3) is 1.21. The maximum Gasteiger partial charge on any atom is 0.254 e. The van der Waals surface area contributed by atoms with Crippen LogP contribution in [0, 0.1) is 0 Å². The number of fused-ring (bicyclic) bond motifs is 1. The van der Waals surface area contributed by atoms with Crippen molar-refractivity contribution in [3.8, 4) is 5.75 Å². The van der Waals surface area contributed by atoms with Crippen LogP contribution in [0.25, 0.3) is 0 Å². The molecular formula is C10H10BrNO2. The second kappa shape index (κ2) is 3.28. The molecule has 0 N–H and O–H groups in total. The molecule has 1 aromatic carbocycles. The fraction of sp³-hybridized carbons (Fsp3) is 0.300. The highest BCUT2D eigenvalue weighted by Gasteiger charge is 2.28. The Labute approximate surface area is 90.8 Å². The molecule has 14 heavy (non-hydrogen) atoms. The molecule has 74 valence electrons. The number of benzene rings is 1. The minimum Gasteiger partial charge on any atom is -0.495 e. The highest BCUT2D eigenvalue weighted by molar-refractivity contribution is 9.10. The Morgan fingerprint density at radius 1 is 1.50 bits per heavy atom. The number of amides is 1. The van der Waals surface area contributed by atoms with E-state index >= 15 is 0 Å². The van der Waals surface area contributed by atoms with Crippen LogP contribution in [-0.2, 0) is 6.54 Å². The van der Waals surface area contributed by atoms with Crippen LogP contribution in [0.5, 0.6) is 5.75 Å². The van der Waals surface area contributed by atoms with E-state index in [2.05, 4.69) is 15.9 Å². The minimum absolute atomic E-state index is 0.0609. The van der Waals surface area contributed by atoms with Crippen LogP contribution in [-0.4, -0.2) is 25.0 Å². The molecular weight excluding hydrogens is 246 g/mol. The average molecular weight is 256 g/mol. The normalized spacial score (nSPS) is 14.5. The van der Waals surface area contributed by atoms with Gasteiger partial charge in [0, 0.05) is 18.2 Å². The monoisotopic (exact) mass is 255 g/mol. The quantitative estimate of drug-likeness (QED) is 0.769. The van der Waals surface area contributed by atoms with E-state index in [9.17, 15) is 4.79 Å². The summed E-state index contributed by atoms with van der Waals surface area (Å²) in [7, 11) is 3.40. The van der Waals surface area contributed by atoms with Crippen molar-refractivity contribution in [1.29, 1.82) is 0 Å². The van der Waals surface area contributed by atoms with Crippen molar-refractivity contribution in [1.82, 2.24) is 4.90 Å². The number of hydrogen-bond acceptors (Lipinski definition) is 2. The van der Waals surface area contributed by atoms with Crippen molar-refractivity contribution in [2.24, 2.45) is 0 Å². The summed E-state index contributed by atoms with van der Waals surface area (Å²) < 4.78 is 6.15. The van der Waals surface area contributed by atoms with Crippen LogP contribution in [0.15, 0.2) is 16.6 Å². The fourth-order valence-corrected chi connectivity index (χ4v) is 2.23. The molecule has 0 saturated carbocycles. The summed E-state index contributed by atoms with van der Waals surface area (Å²) in [5, 5.41) is 0. The van der Waals surface area contributed by atoms with Crippen molar-refractivity contribution < 1.29 is 9.53 Å². The molecule has 0 saturated heterocycles. The molecule has 0 unspecified atom stereocenters.